The van der Waals surface area contributed by atoms with E-state index in [2.05, 4.69) is 27.1 Å². The van der Waals surface area contributed by atoms with Gasteiger partial charge in [-0.05, 0) is 68.8 Å². The van der Waals surface area contributed by atoms with Gasteiger partial charge in [-0.25, -0.2) is 14.5 Å². The van der Waals surface area contributed by atoms with E-state index in [0.717, 1.165) is 67.0 Å². The van der Waals surface area contributed by atoms with Crippen LogP contribution in [-0.4, -0.2) is 80.1 Å². The molecule has 0 bridgehead atoms. The van der Waals surface area contributed by atoms with E-state index in [9.17, 15) is 4.79 Å². The number of para-hydroxylation sites is 3. The maximum Gasteiger partial charge on any atom is 0.270 e. The van der Waals surface area contributed by atoms with Crippen molar-refractivity contribution in [3.63, 3.8) is 0 Å². The van der Waals surface area contributed by atoms with Crippen LogP contribution in [0.5, 0.6) is 5.75 Å². The number of halogens is 1. The standard InChI is InChI=1S/C34H35ClN8O2/c1-22-8-6-9-23(2)30(22)43-32(44)25-21-36-33(39-31(25)42-28-11-5-4-10-27(28)38-34(42)43)37-24-12-13-29(26(35)20-24)45-19-7-14-41-17-15-40(3)16-18-41/h4-6,8-13,20-21H,7,14-19H2,1-3H3,(H,36,37,39). The zero-order chi connectivity index (χ0) is 31.1. The molecule has 45 heavy (non-hydrogen) atoms. The number of nitrogens with one attached hydrogen (secondary N) is 1. The van der Waals surface area contributed by atoms with Crippen LogP contribution >= 0.6 is 11.6 Å². The van der Waals surface area contributed by atoms with Gasteiger partial charge in [-0.15, -0.1) is 0 Å². The number of aryl methyl sites for hydroxylation is 2. The van der Waals surface area contributed by atoms with Gasteiger partial charge in [0.2, 0.25) is 11.7 Å². The van der Waals surface area contributed by atoms with Gasteiger partial charge in [0.1, 0.15) is 11.1 Å². The lowest BCUT2D eigenvalue weighted by molar-refractivity contribution is 0.145. The smallest absolute Gasteiger partial charge is 0.270 e. The Kier molecular flexibility index (Phi) is 7.87. The summed E-state index contributed by atoms with van der Waals surface area (Å²) >= 11 is 6.61. The summed E-state index contributed by atoms with van der Waals surface area (Å²) in [7, 11) is 2.16. The molecule has 0 unspecified atom stereocenters. The Morgan fingerprint density at radius 1 is 0.956 bits per heavy atom. The molecule has 11 heteroatoms. The van der Waals surface area contributed by atoms with Crippen molar-refractivity contribution in [2.75, 3.05) is 51.7 Å². The van der Waals surface area contributed by atoms with E-state index in [1.54, 1.807) is 16.8 Å². The SMILES string of the molecule is Cc1cccc(C)c1-n1c(=O)c2cnc(Nc3ccc(OCCCN4CCN(C)CC4)c(Cl)c3)nc2n2c3ccccc3nc12. The number of likely N-dealkylation sites (N-methyl/N-ethyl adjacent to an activating group) is 1. The first-order chi connectivity index (χ1) is 21.9. The summed E-state index contributed by atoms with van der Waals surface area (Å²) in [6.45, 7) is 10.0. The Morgan fingerprint density at radius 3 is 2.51 bits per heavy atom. The van der Waals surface area contributed by atoms with Crippen molar-refractivity contribution in [3.8, 4) is 11.4 Å². The van der Waals surface area contributed by atoms with Gasteiger partial charge in [-0.2, -0.15) is 4.98 Å². The fourth-order valence-corrected chi connectivity index (χ4v) is 6.30. The molecule has 6 aromatic rings. The summed E-state index contributed by atoms with van der Waals surface area (Å²) in [4.78, 5) is 33.1. The Morgan fingerprint density at radius 2 is 1.73 bits per heavy atom. The first kappa shape index (κ1) is 29.2. The van der Waals surface area contributed by atoms with Gasteiger partial charge in [0.15, 0.2) is 5.65 Å². The van der Waals surface area contributed by atoms with Crippen LogP contribution in [-0.2, 0) is 0 Å². The molecule has 1 N–H and O–H groups in total. The van der Waals surface area contributed by atoms with Gasteiger partial charge in [0, 0.05) is 44.6 Å². The summed E-state index contributed by atoms with van der Waals surface area (Å²) in [5, 5.41) is 4.14. The fourth-order valence-electron chi connectivity index (χ4n) is 6.06. The minimum Gasteiger partial charge on any atom is -0.492 e. The Labute approximate surface area is 265 Å². The maximum atomic E-state index is 14.1. The summed E-state index contributed by atoms with van der Waals surface area (Å²) in [6.07, 6.45) is 2.51. The van der Waals surface area contributed by atoms with Crippen molar-refractivity contribution >= 4 is 51.1 Å². The summed E-state index contributed by atoms with van der Waals surface area (Å²) in [5.74, 6) is 1.47. The van der Waals surface area contributed by atoms with Crippen molar-refractivity contribution in [3.05, 3.63) is 93.4 Å². The molecule has 10 nitrogen and oxygen atoms in total. The monoisotopic (exact) mass is 622 g/mol. The van der Waals surface area contributed by atoms with Crippen LogP contribution in [0.25, 0.3) is 33.5 Å². The molecule has 0 radical (unpaired) electrons. The lowest BCUT2D eigenvalue weighted by atomic mass is 10.1. The van der Waals surface area contributed by atoms with E-state index in [-0.39, 0.29) is 5.56 Å². The highest BCUT2D eigenvalue weighted by molar-refractivity contribution is 6.32. The van der Waals surface area contributed by atoms with Gasteiger partial charge in [0.05, 0.1) is 28.4 Å². The number of hydrogen-bond acceptors (Lipinski definition) is 8. The van der Waals surface area contributed by atoms with E-state index in [4.69, 9.17) is 26.3 Å². The van der Waals surface area contributed by atoms with E-state index in [1.807, 2.05) is 72.8 Å². The number of aromatic nitrogens is 5. The third-order valence-electron chi connectivity index (χ3n) is 8.48. The van der Waals surface area contributed by atoms with Crippen LogP contribution in [0.3, 0.4) is 0 Å². The van der Waals surface area contributed by atoms with Crippen molar-refractivity contribution in [2.45, 2.75) is 20.3 Å². The van der Waals surface area contributed by atoms with Crippen molar-refractivity contribution in [1.82, 2.24) is 33.7 Å². The number of rotatable bonds is 8. The second-order valence-electron chi connectivity index (χ2n) is 11.7. The Bertz CT molecular complexity index is 2080. The van der Waals surface area contributed by atoms with Crippen LogP contribution in [0.1, 0.15) is 17.5 Å². The molecular formula is C34H35ClN8O2. The zero-order valence-corrected chi connectivity index (χ0v) is 26.4. The van der Waals surface area contributed by atoms with Crippen LogP contribution in [0, 0.1) is 13.8 Å². The minimum atomic E-state index is -0.228. The van der Waals surface area contributed by atoms with Gasteiger partial charge in [0.25, 0.3) is 5.56 Å². The fraction of sp³-hybridized carbons (Fsp3) is 0.294. The third kappa shape index (κ3) is 5.61. The Balaban J connectivity index is 1.18. The number of anilines is 2. The number of fused-ring (bicyclic) bond motifs is 5. The minimum absolute atomic E-state index is 0.228. The van der Waals surface area contributed by atoms with E-state index >= 15 is 0 Å². The van der Waals surface area contributed by atoms with E-state index in [0.29, 0.717) is 45.8 Å². The molecule has 0 spiro atoms. The number of benzene rings is 3. The van der Waals surface area contributed by atoms with E-state index in [1.165, 1.54) is 0 Å². The van der Waals surface area contributed by atoms with Crippen LogP contribution in [0.4, 0.5) is 11.6 Å². The molecule has 1 saturated heterocycles. The average Bonchev–Trinajstić information content (AvgIpc) is 3.42. The molecule has 0 atom stereocenters. The maximum absolute atomic E-state index is 14.1. The largest absolute Gasteiger partial charge is 0.492 e. The third-order valence-corrected chi connectivity index (χ3v) is 8.78. The van der Waals surface area contributed by atoms with Gasteiger partial charge in [-0.3, -0.25) is 9.20 Å². The van der Waals surface area contributed by atoms with Crippen LogP contribution in [0.2, 0.25) is 5.02 Å². The average molecular weight is 623 g/mol. The highest BCUT2D eigenvalue weighted by Crippen LogP contribution is 2.30. The molecule has 0 saturated carbocycles. The molecule has 4 heterocycles. The first-order valence-corrected chi connectivity index (χ1v) is 15.6. The molecule has 7 rings (SSSR count). The van der Waals surface area contributed by atoms with Gasteiger partial charge < -0.3 is 19.9 Å². The predicted octanol–water partition coefficient (Wildman–Crippen LogP) is 5.61. The second kappa shape index (κ2) is 12.1. The molecule has 1 fully saturated rings. The quantitative estimate of drug-likeness (QED) is 0.219. The molecule has 3 aromatic carbocycles. The van der Waals surface area contributed by atoms with Crippen molar-refractivity contribution in [1.29, 1.82) is 0 Å². The molecule has 1 aliphatic heterocycles. The molecule has 1 aliphatic rings. The van der Waals surface area contributed by atoms with Gasteiger partial charge >= 0.3 is 0 Å². The number of hydrogen-bond donors (Lipinski definition) is 1. The van der Waals surface area contributed by atoms with E-state index < -0.39 is 0 Å². The first-order valence-electron chi connectivity index (χ1n) is 15.2. The predicted molar refractivity (Wildman–Crippen MR) is 180 cm³/mol. The highest BCUT2D eigenvalue weighted by atomic mass is 35.5. The molecule has 3 aromatic heterocycles. The highest BCUT2D eigenvalue weighted by Gasteiger charge is 2.21. The lowest BCUT2D eigenvalue weighted by Gasteiger charge is -2.32. The normalized spacial score (nSPS) is 14.5. The topological polar surface area (TPSA) is 92.8 Å². The number of imidazole rings is 1. The molecule has 230 valence electrons. The second-order valence-corrected chi connectivity index (χ2v) is 12.1. The number of piperazine rings is 1. The Hall–Kier alpha value is -4.51. The number of nitrogens with zero attached hydrogens (tertiary/aromatic N) is 7. The summed E-state index contributed by atoms with van der Waals surface area (Å²) in [5.41, 5.74) is 5.32. The summed E-state index contributed by atoms with van der Waals surface area (Å²) < 4.78 is 9.60. The van der Waals surface area contributed by atoms with Gasteiger partial charge in [-0.1, -0.05) is 41.9 Å². The van der Waals surface area contributed by atoms with Crippen LogP contribution < -0.4 is 15.6 Å². The zero-order valence-electron chi connectivity index (χ0n) is 25.6. The molecular weight excluding hydrogens is 588 g/mol. The molecule has 0 amide bonds. The lowest BCUT2D eigenvalue weighted by Crippen LogP contribution is -2.44. The van der Waals surface area contributed by atoms with Crippen LogP contribution in [0.15, 0.2) is 71.7 Å². The van der Waals surface area contributed by atoms with Crippen molar-refractivity contribution in [2.24, 2.45) is 0 Å². The molecule has 0 aliphatic carbocycles. The van der Waals surface area contributed by atoms with Crippen molar-refractivity contribution < 1.29 is 4.74 Å². The number of ether oxygens (including phenoxy) is 1. The summed E-state index contributed by atoms with van der Waals surface area (Å²) in [6, 6.07) is 19.3.